The van der Waals surface area contributed by atoms with Gasteiger partial charge in [-0.25, -0.2) is 0 Å². The van der Waals surface area contributed by atoms with Gasteiger partial charge in [-0.05, 0) is 6.42 Å². The summed E-state index contributed by atoms with van der Waals surface area (Å²) in [5.41, 5.74) is -2.79. The van der Waals surface area contributed by atoms with Crippen LogP contribution in [0.1, 0.15) is 45.1 Å². The molecule has 4 unspecified atom stereocenters. The number of nitrogens with one attached hydrogen (secondary N) is 1. The number of nitriles is 3. The van der Waals surface area contributed by atoms with Crippen molar-refractivity contribution in [3.63, 3.8) is 0 Å². The third-order valence-electron chi connectivity index (χ3n) is 6.03. The van der Waals surface area contributed by atoms with Crippen LogP contribution in [0.4, 0.5) is 0 Å². The third kappa shape index (κ3) is 2.22. The second-order valence-corrected chi connectivity index (χ2v) is 7.24. The first-order valence-electron chi connectivity index (χ1n) is 9.24. The summed E-state index contributed by atoms with van der Waals surface area (Å²) >= 11 is 0. The van der Waals surface area contributed by atoms with Crippen LogP contribution in [-0.2, 0) is 15.3 Å². The molecule has 0 saturated carbocycles. The molecule has 1 aromatic carbocycles. The number of hydrogen-bond acceptors (Lipinski definition) is 6. The maximum atomic E-state index is 10.1. The van der Waals surface area contributed by atoms with E-state index in [1.54, 1.807) is 6.92 Å². The Labute approximate surface area is 159 Å². The molecule has 27 heavy (non-hydrogen) atoms. The SMILES string of the molecule is CCCCCC1OC2(c3ccccc3)OC(=N)C(C#N)(C2C)C1(C#N)C#N. The second-order valence-electron chi connectivity index (χ2n) is 7.24. The van der Waals surface area contributed by atoms with E-state index < -0.39 is 28.6 Å². The average molecular weight is 362 g/mol. The molecule has 2 aliphatic rings. The van der Waals surface area contributed by atoms with E-state index in [0.717, 1.165) is 19.3 Å². The van der Waals surface area contributed by atoms with E-state index in [2.05, 4.69) is 25.1 Å². The van der Waals surface area contributed by atoms with Crippen LogP contribution < -0.4 is 0 Å². The minimum absolute atomic E-state index is 0.359. The van der Waals surface area contributed by atoms with Crippen molar-refractivity contribution in [3.05, 3.63) is 35.9 Å². The Kier molecular flexibility index (Phi) is 4.68. The Bertz CT molecular complexity index is 849. The molecule has 2 aliphatic heterocycles. The van der Waals surface area contributed by atoms with Gasteiger partial charge in [0.2, 0.25) is 11.7 Å². The zero-order chi connectivity index (χ0) is 19.7. The summed E-state index contributed by atoms with van der Waals surface area (Å²) in [6, 6.07) is 15.5. The summed E-state index contributed by atoms with van der Waals surface area (Å²) in [5, 5.41) is 38.6. The van der Waals surface area contributed by atoms with Crippen LogP contribution in [0.15, 0.2) is 30.3 Å². The van der Waals surface area contributed by atoms with Gasteiger partial charge < -0.3 is 9.47 Å². The largest absolute Gasteiger partial charge is 0.443 e. The van der Waals surface area contributed by atoms with Crippen LogP contribution in [0.5, 0.6) is 0 Å². The Morgan fingerprint density at radius 1 is 1.07 bits per heavy atom. The van der Waals surface area contributed by atoms with Crippen LogP contribution in [0.2, 0.25) is 0 Å². The highest BCUT2D eigenvalue weighted by Gasteiger charge is 2.79. The number of hydrogen-bond donors (Lipinski definition) is 1. The molecular weight excluding hydrogens is 340 g/mol. The fourth-order valence-corrected chi connectivity index (χ4v) is 4.49. The predicted molar refractivity (Wildman–Crippen MR) is 96.8 cm³/mol. The first-order chi connectivity index (χ1) is 13.0. The fourth-order valence-electron chi connectivity index (χ4n) is 4.49. The van der Waals surface area contributed by atoms with Crippen LogP contribution in [-0.4, -0.2) is 12.0 Å². The highest BCUT2D eigenvalue weighted by atomic mass is 16.7. The van der Waals surface area contributed by atoms with Crippen molar-refractivity contribution >= 4 is 5.90 Å². The van der Waals surface area contributed by atoms with E-state index in [1.807, 2.05) is 30.3 Å². The minimum Gasteiger partial charge on any atom is -0.443 e. The monoisotopic (exact) mass is 362 g/mol. The van der Waals surface area contributed by atoms with Crippen LogP contribution in [0.25, 0.3) is 0 Å². The molecule has 2 heterocycles. The molecule has 2 saturated heterocycles. The van der Waals surface area contributed by atoms with Gasteiger partial charge in [0.05, 0.1) is 30.2 Å². The number of fused-ring (bicyclic) bond motifs is 2. The van der Waals surface area contributed by atoms with Crippen molar-refractivity contribution in [1.82, 2.24) is 0 Å². The number of benzene rings is 1. The zero-order valence-corrected chi connectivity index (χ0v) is 15.5. The molecule has 4 atom stereocenters. The van der Waals surface area contributed by atoms with Crippen LogP contribution in [0.3, 0.4) is 0 Å². The second kappa shape index (κ2) is 6.69. The Morgan fingerprint density at radius 2 is 1.74 bits per heavy atom. The minimum atomic E-state index is -1.79. The highest BCUT2D eigenvalue weighted by Crippen LogP contribution is 2.65. The molecule has 0 aliphatic carbocycles. The van der Waals surface area contributed by atoms with Gasteiger partial charge in [-0.1, -0.05) is 63.4 Å². The van der Waals surface area contributed by atoms with Crippen LogP contribution >= 0.6 is 0 Å². The van der Waals surface area contributed by atoms with Crippen molar-refractivity contribution in [2.24, 2.45) is 16.7 Å². The maximum Gasteiger partial charge on any atom is 0.243 e. The van der Waals surface area contributed by atoms with Crippen molar-refractivity contribution in [2.45, 2.75) is 51.4 Å². The maximum absolute atomic E-state index is 10.1. The normalized spacial score (nSPS) is 33.4. The predicted octanol–water partition coefficient (Wildman–Crippen LogP) is 4.01. The van der Waals surface area contributed by atoms with Gasteiger partial charge in [-0.15, -0.1) is 0 Å². The molecule has 2 bridgehead atoms. The molecule has 2 fully saturated rings. The van der Waals surface area contributed by atoms with E-state index in [-0.39, 0.29) is 5.90 Å². The quantitative estimate of drug-likeness (QED) is 0.795. The summed E-state index contributed by atoms with van der Waals surface area (Å²) in [5.74, 6) is -2.39. The lowest BCUT2D eigenvalue weighted by Crippen LogP contribution is -2.60. The molecule has 6 heteroatoms. The van der Waals surface area contributed by atoms with E-state index in [4.69, 9.17) is 14.9 Å². The van der Waals surface area contributed by atoms with E-state index in [1.165, 1.54) is 0 Å². The summed E-state index contributed by atoms with van der Waals surface area (Å²) in [6.45, 7) is 3.79. The molecule has 138 valence electrons. The topological polar surface area (TPSA) is 114 Å². The standard InChI is InChI=1S/C21H22N4O2/c1-3-4-6-11-17-19(12-22,13-23)20(14-24)15(2)21(26-17,27-18(20)25)16-9-7-5-8-10-16/h5,7-10,15,17,25H,3-4,6,11H2,1-2H3. The summed E-state index contributed by atoms with van der Waals surface area (Å²) in [4.78, 5) is 0. The lowest BCUT2D eigenvalue weighted by molar-refractivity contribution is -0.286. The smallest absolute Gasteiger partial charge is 0.243 e. The summed E-state index contributed by atoms with van der Waals surface area (Å²) in [6.07, 6.45) is 2.31. The molecule has 1 aromatic rings. The number of ether oxygens (including phenoxy) is 2. The highest BCUT2D eigenvalue weighted by molar-refractivity contribution is 5.89. The van der Waals surface area contributed by atoms with E-state index in [9.17, 15) is 15.8 Å². The third-order valence-corrected chi connectivity index (χ3v) is 6.03. The van der Waals surface area contributed by atoms with Gasteiger partial charge in [0.15, 0.2) is 10.8 Å². The van der Waals surface area contributed by atoms with Gasteiger partial charge in [0, 0.05) is 5.56 Å². The van der Waals surface area contributed by atoms with Gasteiger partial charge in [0.1, 0.15) is 0 Å². The van der Waals surface area contributed by atoms with Gasteiger partial charge in [-0.2, -0.15) is 15.8 Å². The van der Waals surface area contributed by atoms with Gasteiger partial charge in [-0.3, -0.25) is 5.41 Å². The van der Waals surface area contributed by atoms with Crippen molar-refractivity contribution in [1.29, 1.82) is 21.2 Å². The average Bonchev–Trinajstić information content (AvgIpc) is 2.86. The molecule has 6 nitrogen and oxygen atoms in total. The Hall–Kier alpha value is -2.88. The van der Waals surface area contributed by atoms with Gasteiger partial charge >= 0.3 is 0 Å². The first kappa shape index (κ1) is 18.9. The number of rotatable bonds is 5. The molecule has 0 amide bonds. The zero-order valence-electron chi connectivity index (χ0n) is 15.5. The molecule has 0 spiro atoms. The molecule has 0 radical (unpaired) electrons. The number of nitrogens with zero attached hydrogens (tertiary/aromatic N) is 3. The molecule has 1 N–H and O–H groups in total. The lowest BCUT2D eigenvalue weighted by atomic mass is 9.53. The Balaban J connectivity index is 2.21. The summed E-state index contributed by atoms with van der Waals surface area (Å²) < 4.78 is 12.2. The van der Waals surface area contributed by atoms with Gasteiger partial charge in [0.25, 0.3) is 0 Å². The first-order valence-corrected chi connectivity index (χ1v) is 9.24. The van der Waals surface area contributed by atoms with E-state index in [0.29, 0.717) is 12.0 Å². The fraction of sp³-hybridized carbons (Fsp3) is 0.524. The van der Waals surface area contributed by atoms with E-state index >= 15 is 0 Å². The van der Waals surface area contributed by atoms with Crippen LogP contribution in [0, 0.1) is 56.2 Å². The molecule has 3 rings (SSSR count). The molecular formula is C21H22N4O2. The lowest BCUT2D eigenvalue weighted by Gasteiger charge is -2.48. The van der Waals surface area contributed by atoms with Crippen molar-refractivity contribution < 1.29 is 9.47 Å². The summed E-state index contributed by atoms with van der Waals surface area (Å²) in [7, 11) is 0. The Morgan fingerprint density at radius 3 is 2.30 bits per heavy atom. The van der Waals surface area contributed by atoms with Crippen molar-refractivity contribution in [2.75, 3.05) is 0 Å². The molecule has 0 aromatic heterocycles. The number of unbranched alkanes of at least 4 members (excludes halogenated alkanes) is 2. The van der Waals surface area contributed by atoms with Crippen molar-refractivity contribution in [3.8, 4) is 18.2 Å².